The topological polar surface area (TPSA) is 145 Å². The lowest BCUT2D eigenvalue weighted by atomic mass is 9.89. The first kappa shape index (κ1) is 33.1. The van der Waals surface area contributed by atoms with Crippen molar-refractivity contribution in [2.75, 3.05) is 43.4 Å². The largest absolute Gasteiger partial charge is 0.465 e. The minimum atomic E-state index is -5.29. The van der Waals surface area contributed by atoms with Crippen molar-refractivity contribution in [3.05, 3.63) is 29.6 Å². The van der Waals surface area contributed by atoms with E-state index in [0.29, 0.717) is 27.0 Å². The minimum absolute atomic E-state index is 0.0528. The summed E-state index contributed by atoms with van der Waals surface area (Å²) < 4.78 is 91.0. The quantitative estimate of drug-likeness (QED) is 0.178. The number of amides is 1. The Morgan fingerprint density at radius 2 is 1.65 bits per heavy atom. The predicted octanol–water partition coefficient (Wildman–Crippen LogP) is 3.70. The zero-order chi connectivity index (χ0) is 31.6. The van der Waals surface area contributed by atoms with Crippen LogP contribution in [0, 0.1) is 0 Å². The van der Waals surface area contributed by atoms with Crippen LogP contribution >= 0.6 is 7.59 Å². The Balaban J connectivity index is 1.42. The third-order valence-corrected chi connectivity index (χ3v) is 10.1. The van der Waals surface area contributed by atoms with Crippen molar-refractivity contribution in [3.8, 4) is 0 Å². The van der Waals surface area contributed by atoms with Crippen molar-refractivity contribution in [3.63, 3.8) is 0 Å². The van der Waals surface area contributed by atoms with Gasteiger partial charge in [-0.3, -0.25) is 14.3 Å². The van der Waals surface area contributed by atoms with Crippen molar-refractivity contribution in [2.45, 2.75) is 69.6 Å². The van der Waals surface area contributed by atoms with E-state index in [4.69, 9.17) is 5.73 Å². The van der Waals surface area contributed by atoms with E-state index in [0.717, 1.165) is 32.1 Å². The molecule has 1 unspecified atom stereocenters. The summed E-state index contributed by atoms with van der Waals surface area (Å²) in [5.41, 5.74) is 5.53. The number of hydrogen-bond donors (Lipinski definition) is 4. The van der Waals surface area contributed by atoms with Crippen LogP contribution < -0.4 is 26.1 Å². The van der Waals surface area contributed by atoms with Crippen LogP contribution in [0.25, 0.3) is 0 Å². The fraction of sp³-hybridized carbons (Fsp3) is 0.667. The van der Waals surface area contributed by atoms with Gasteiger partial charge in [-0.05, 0) is 32.3 Å². The third kappa shape index (κ3) is 8.44. The van der Waals surface area contributed by atoms with Gasteiger partial charge in [0, 0.05) is 50.5 Å². The number of nitrogens with one attached hydrogen (secondary N) is 3. The number of aromatic nitrogens is 3. The summed E-state index contributed by atoms with van der Waals surface area (Å²) in [6, 6.07) is 0.138. The van der Waals surface area contributed by atoms with Crippen LogP contribution in [0.5, 0.6) is 0 Å². The van der Waals surface area contributed by atoms with Gasteiger partial charge < -0.3 is 16.0 Å². The van der Waals surface area contributed by atoms with E-state index in [1.807, 2.05) is 24.0 Å². The van der Waals surface area contributed by atoms with Crippen LogP contribution in [0.4, 0.5) is 38.1 Å². The van der Waals surface area contributed by atoms with Crippen LogP contribution in [-0.2, 0) is 4.57 Å². The number of rotatable bonds is 9. The molecule has 1 saturated carbocycles. The number of carbonyl (C=O) groups excluding carboxylic acids is 1. The number of anilines is 2. The highest BCUT2D eigenvalue weighted by molar-refractivity contribution is 7.57. The fourth-order valence-electron chi connectivity index (χ4n) is 5.48. The Morgan fingerprint density at radius 3 is 2.16 bits per heavy atom. The van der Waals surface area contributed by atoms with Crippen LogP contribution in [0.2, 0.25) is 0 Å². The summed E-state index contributed by atoms with van der Waals surface area (Å²) in [7, 11) is -3.52. The van der Waals surface area contributed by atoms with Gasteiger partial charge in [0.25, 0.3) is 19.4 Å². The Morgan fingerprint density at radius 1 is 1.05 bits per heavy atom. The van der Waals surface area contributed by atoms with Crippen LogP contribution in [0.1, 0.15) is 55.9 Å². The number of nitrogens with two attached hydrogens (primary N) is 1. The smallest absolute Gasteiger partial charge is 0.365 e. The molecule has 1 amide bonds. The number of nitrogens with zero attached hydrogens (tertiary/aromatic N) is 6. The second-order valence-corrected chi connectivity index (χ2v) is 13.1. The maximum absolute atomic E-state index is 12.9. The van der Waals surface area contributed by atoms with Gasteiger partial charge in [0.2, 0.25) is 0 Å². The molecule has 19 heteroatoms. The maximum Gasteiger partial charge on any atom is 0.465 e. The molecule has 2 fully saturated rings. The molecule has 0 spiro atoms. The first-order chi connectivity index (χ1) is 20.0. The molecule has 2 aliphatic carbocycles. The van der Waals surface area contributed by atoms with E-state index in [2.05, 4.69) is 20.5 Å². The Labute approximate surface area is 244 Å². The molecule has 2 heterocycles. The number of halogens is 6. The number of piperazine rings is 1. The standard InChI is InChI=1S/C24H35F6N10O2P/c1-22(39-12-14-40(15-13-39)43(42,36-23(25,26)27)37-24(28,29)30)10-8-17(9-11-22)38(2)21-33-20(18(19(31)41)34-35-21)32-16-6-4-3-5-7-16/h8-10,16H,3-7,11-15H2,1-2H3,(H2,31,41)(H,32,33,35)(H2,36,37,42). The zero-order valence-electron chi connectivity index (χ0n) is 23.7. The van der Waals surface area contributed by atoms with Crippen molar-refractivity contribution >= 4 is 25.3 Å². The van der Waals surface area contributed by atoms with Gasteiger partial charge in [0.05, 0.1) is 0 Å². The van der Waals surface area contributed by atoms with Crippen molar-refractivity contribution in [1.29, 1.82) is 0 Å². The number of hydrogen-bond acceptors (Lipinski definition) is 8. The van der Waals surface area contributed by atoms with Crippen molar-refractivity contribution in [2.24, 2.45) is 5.73 Å². The first-order valence-corrected chi connectivity index (χ1v) is 15.4. The lowest BCUT2D eigenvalue weighted by Gasteiger charge is -2.46. The summed E-state index contributed by atoms with van der Waals surface area (Å²) in [6.07, 6.45) is 0.590. The van der Waals surface area contributed by atoms with E-state index in [1.165, 1.54) is 0 Å². The molecule has 3 aliphatic rings. The summed E-state index contributed by atoms with van der Waals surface area (Å²) in [5, 5.41) is 12.7. The number of carbonyl (C=O) groups is 1. The molecule has 1 aromatic heterocycles. The van der Waals surface area contributed by atoms with Gasteiger partial charge in [0.15, 0.2) is 11.5 Å². The van der Waals surface area contributed by atoms with E-state index in [-0.39, 0.29) is 49.7 Å². The van der Waals surface area contributed by atoms with Gasteiger partial charge in [-0.2, -0.15) is 41.5 Å². The van der Waals surface area contributed by atoms with Crippen molar-refractivity contribution < 1.29 is 35.7 Å². The SMILES string of the molecule is CN(C1=CCC(C)(N2CCN(P(=O)(NC(F)(F)F)NC(F)(F)F)CC2)C=C1)c1nnc(C(N)=O)c(NC2CCCCC2)n1. The lowest BCUT2D eigenvalue weighted by molar-refractivity contribution is -0.151. The molecule has 1 aliphatic heterocycles. The Bertz CT molecular complexity index is 1260. The number of alkyl halides is 6. The average Bonchev–Trinajstić information content (AvgIpc) is 2.91. The molecule has 1 saturated heterocycles. The lowest BCUT2D eigenvalue weighted by Crippen LogP contribution is -2.57. The molecule has 0 aromatic carbocycles. The fourth-order valence-corrected chi connectivity index (χ4v) is 7.25. The van der Waals surface area contributed by atoms with Gasteiger partial charge in [-0.15, -0.1) is 10.2 Å². The average molecular weight is 641 g/mol. The number of allylic oxidation sites excluding steroid dienone is 1. The van der Waals surface area contributed by atoms with Gasteiger partial charge in [-0.1, -0.05) is 31.4 Å². The molecule has 4 rings (SSSR count). The van der Waals surface area contributed by atoms with E-state index < -0.39 is 31.6 Å². The highest BCUT2D eigenvalue weighted by Crippen LogP contribution is 2.48. The predicted molar refractivity (Wildman–Crippen MR) is 147 cm³/mol. The Kier molecular flexibility index (Phi) is 9.76. The zero-order valence-corrected chi connectivity index (χ0v) is 24.6. The summed E-state index contributed by atoms with van der Waals surface area (Å²) in [4.78, 5) is 20.0. The second kappa shape index (κ2) is 12.7. The monoisotopic (exact) mass is 640 g/mol. The molecule has 0 radical (unpaired) electrons. The van der Waals surface area contributed by atoms with E-state index in [1.54, 1.807) is 18.0 Å². The van der Waals surface area contributed by atoms with E-state index >= 15 is 0 Å². The minimum Gasteiger partial charge on any atom is -0.365 e. The number of likely N-dealkylation sites (N-methyl/N-ethyl adjacent to an activating group) is 1. The maximum atomic E-state index is 12.9. The number of primary amides is 1. The molecule has 12 nitrogen and oxygen atoms in total. The molecule has 43 heavy (non-hydrogen) atoms. The highest BCUT2D eigenvalue weighted by Gasteiger charge is 2.49. The molecule has 240 valence electrons. The second-order valence-electron chi connectivity index (χ2n) is 11.0. The van der Waals surface area contributed by atoms with E-state index in [9.17, 15) is 35.7 Å². The van der Waals surface area contributed by atoms with Crippen molar-refractivity contribution in [1.82, 2.24) is 34.9 Å². The first-order valence-electron chi connectivity index (χ1n) is 13.8. The molecular formula is C24H35F6N10O2P. The molecule has 1 atom stereocenters. The van der Waals surface area contributed by atoms with Gasteiger partial charge in [-0.25, -0.2) is 4.67 Å². The molecular weight excluding hydrogens is 605 g/mol. The summed E-state index contributed by atoms with van der Waals surface area (Å²) in [6.45, 7) is 1.43. The summed E-state index contributed by atoms with van der Waals surface area (Å²) in [5.74, 6) is -0.266. The Hall–Kier alpha value is -2.79. The molecule has 0 bridgehead atoms. The van der Waals surface area contributed by atoms with Crippen LogP contribution in [0.3, 0.4) is 0 Å². The van der Waals surface area contributed by atoms with Gasteiger partial charge in [0.1, 0.15) is 0 Å². The highest BCUT2D eigenvalue weighted by atomic mass is 31.2. The van der Waals surface area contributed by atoms with Crippen LogP contribution in [0.15, 0.2) is 23.9 Å². The third-order valence-electron chi connectivity index (χ3n) is 7.81. The normalized spacial score (nSPS) is 23.2. The summed E-state index contributed by atoms with van der Waals surface area (Å²) >= 11 is 0. The molecule has 1 aromatic rings. The van der Waals surface area contributed by atoms with Crippen LogP contribution in [-0.4, -0.2) is 88.1 Å². The molecule has 5 N–H and O–H groups in total. The van der Waals surface area contributed by atoms with Gasteiger partial charge >= 0.3 is 12.6 Å².